The second-order valence-electron chi connectivity index (χ2n) is 5.19. The van der Waals surface area contributed by atoms with E-state index in [1.807, 2.05) is 6.92 Å². The second-order valence-corrected chi connectivity index (χ2v) is 7.66. The first-order valence-electron chi connectivity index (χ1n) is 7.48. The van der Waals surface area contributed by atoms with Crippen LogP contribution in [0.1, 0.15) is 18.2 Å². The Morgan fingerprint density at radius 3 is 2.84 bits per heavy atom. The van der Waals surface area contributed by atoms with E-state index in [1.165, 1.54) is 23.9 Å². The van der Waals surface area contributed by atoms with E-state index in [9.17, 15) is 14.9 Å². The fraction of sp³-hybridized carbons (Fsp3) is 0.176. The molecule has 1 aromatic heterocycles. The molecular formula is C17H14N2O4S2. The molecule has 0 radical (unpaired) electrons. The van der Waals surface area contributed by atoms with Gasteiger partial charge in [0.1, 0.15) is 21.6 Å². The Kier molecular flexibility index (Phi) is 5.10. The summed E-state index contributed by atoms with van der Waals surface area (Å²) in [5.41, 5.74) is 1.92. The van der Waals surface area contributed by atoms with Crippen molar-refractivity contribution in [1.82, 2.24) is 0 Å². The number of furan rings is 1. The molecule has 0 unspecified atom stereocenters. The molecule has 0 saturated heterocycles. The number of carbonyl (C=O) groups excluding carboxylic acids is 1. The molecule has 0 aliphatic carbocycles. The quantitative estimate of drug-likeness (QED) is 0.430. The third-order valence-electron chi connectivity index (χ3n) is 3.46. The zero-order valence-corrected chi connectivity index (χ0v) is 15.1. The SMILES string of the molecule is CCSC1=NC(=Cc2ccc(-c3ccc([N+](=O)[O-])cc3C)o2)C(=O)S1. The normalized spacial score (nSPS) is 15.7. The molecule has 0 atom stereocenters. The van der Waals surface area contributed by atoms with Crippen LogP contribution in [0, 0.1) is 17.0 Å². The number of aliphatic imine (C=N–C) groups is 1. The van der Waals surface area contributed by atoms with E-state index in [4.69, 9.17) is 4.42 Å². The van der Waals surface area contributed by atoms with Crippen LogP contribution < -0.4 is 0 Å². The van der Waals surface area contributed by atoms with Gasteiger partial charge in [-0.25, -0.2) is 4.99 Å². The summed E-state index contributed by atoms with van der Waals surface area (Å²) >= 11 is 2.66. The van der Waals surface area contributed by atoms with Crippen LogP contribution in [0.25, 0.3) is 17.4 Å². The number of nitro groups is 1. The summed E-state index contributed by atoms with van der Waals surface area (Å²) in [5, 5.41) is 10.7. The van der Waals surface area contributed by atoms with Gasteiger partial charge in [-0.3, -0.25) is 14.9 Å². The van der Waals surface area contributed by atoms with Crippen molar-refractivity contribution in [2.45, 2.75) is 13.8 Å². The number of hydrogen-bond acceptors (Lipinski definition) is 7. The molecule has 2 heterocycles. The molecule has 6 nitrogen and oxygen atoms in total. The number of hydrogen-bond donors (Lipinski definition) is 0. The summed E-state index contributed by atoms with van der Waals surface area (Å²) in [6, 6.07) is 8.14. The summed E-state index contributed by atoms with van der Waals surface area (Å²) in [6.07, 6.45) is 1.61. The minimum atomic E-state index is -0.429. The molecule has 0 saturated carbocycles. The lowest BCUT2D eigenvalue weighted by molar-refractivity contribution is -0.384. The summed E-state index contributed by atoms with van der Waals surface area (Å²) in [5.74, 6) is 1.96. The van der Waals surface area contributed by atoms with Crippen LogP contribution >= 0.6 is 23.5 Å². The number of aryl methyl sites for hydroxylation is 1. The average molecular weight is 374 g/mol. The molecule has 8 heteroatoms. The first kappa shape index (κ1) is 17.5. The van der Waals surface area contributed by atoms with Gasteiger partial charge < -0.3 is 4.42 Å². The van der Waals surface area contributed by atoms with Gasteiger partial charge in [-0.05, 0) is 48.2 Å². The highest BCUT2D eigenvalue weighted by Gasteiger charge is 2.22. The van der Waals surface area contributed by atoms with Crippen molar-refractivity contribution in [2.24, 2.45) is 4.99 Å². The van der Waals surface area contributed by atoms with Crippen LogP contribution in [0.4, 0.5) is 5.69 Å². The summed E-state index contributed by atoms with van der Waals surface area (Å²) in [4.78, 5) is 26.7. The molecule has 0 amide bonds. The largest absolute Gasteiger partial charge is 0.457 e. The Balaban J connectivity index is 1.87. The van der Waals surface area contributed by atoms with Crippen LogP contribution in [-0.4, -0.2) is 20.2 Å². The van der Waals surface area contributed by atoms with E-state index in [2.05, 4.69) is 4.99 Å². The lowest BCUT2D eigenvalue weighted by Crippen LogP contribution is -1.89. The zero-order chi connectivity index (χ0) is 18.0. The van der Waals surface area contributed by atoms with E-state index >= 15 is 0 Å². The maximum atomic E-state index is 12.0. The van der Waals surface area contributed by atoms with Crippen LogP contribution in [-0.2, 0) is 4.79 Å². The number of thioether (sulfide) groups is 2. The molecule has 1 aromatic carbocycles. The van der Waals surface area contributed by atoms with E-state index in [0.717, 1.165) is 33.0 Å². The van der Waals surface area contributed by atoms with Crippen molar-refractivity contribution in [2.75, 3.05) is 5.75 Å². The number of nitrogens with zero attached hydrogens (tertiary/aromatic N) is 2. The number of rotatable bonds is 4. The minimum absolute atomic E-state index is 0.0408. The predicted molar refractivity (Wildman–Crippen MR) is 102 cm³/mol. The van der Waals surface area contributed by atoms with Gasteiger partial charge >= 0.3 is 0 Å². The van der Waals surface area contributed by atoms with E-state index in [1.54, 1.807) is 31.2 Å². The van der Waals surface area contributed by atoms with Crippen molar-refractivity contribution in [3.63, 3.8) is 0 Å². The van der Waals surface area contributed by atoms with Gasteiger partial charge in [0.15, 0.2) is 0 Å². The summed E-state index contributed by atoms with van der Waals surface area (Å²) in [7, 11) is 0. The van der Waals surface area contributed by atoms with Crippen LogP contribution in [0.3, 0.4) is 0 Å². The van der Waals surface area contributed by atoms with Crippen molar-refractivity contribution in [1.29, 1.82) is 0 Å². The molecule has 3 rings (SSSR count). The van der Waals surface area contributed by atoms with Crippen molar-refractivity contribution in [3.05, 3.63) is 57.5 Å². The Labute approximate surface area is 152 Å². The van der Waals surface area contributed by atoms with Crippen molar-refractivity contribution < 1.29 is 14.1 Å². The topological polar surface area (TPSA) is 85.7 Å². The van der Waals surface area contributed by atoms with Gasteiger partial charge in [-0.15, -0.1) is 0 Å². The maximum absolute atomic E-state index is 12.0. The van der Waals surface area contributed by atoms with Gasteiger partial charge in [-0.1, -0.05) is 18.7 Å². The van der Waals surface area contributed by atoms with Gasteiger partial charge in [0.25, 0.3) is 5.69 Å². The number of non-ortho nitro benzene ring substituents is 1. The minimum Gasteiger partial charge on any atom is -0.457 e. The molecular weight excluding hydrogens is 360 g/mol. The summed E-state index contributed by atoms with van der Waals surface area (Å²) in [6.45, 7) is 3.80. The van der Waals surface area contributed by atoms with Gasteiger partial charge in [0.05, 0.1) is 4.92 Å². The monoisotopic (exact) mass is 374 g/mol. The molecule has 2 aromatic rings. The van der Waals surface area contributed by atoms with E-state index < -0.39 is 4.92 Å². The number of benzene rings is 1. The molecule has 0 fully saturated rings. The van der Waals surface area contributed by atoms with Crippen LogP contribution in [0.15, 0.2) is 45.4 Å². The van der Waals surface area contributed by atoms with Gasteiger partial charge in [0, 0.05) is 23.8 Å². The third kappa shape index (κ3) is 3.85. The molecule has 1 aliphatic rings. The van der Waals surface area contributed by atoms with Crippen molar-refractivity contribution >= 4 is 44.8 Å². The first-order chi connectivity index (χ1) is 12.0. The van der Waals surface area contributed by atoms with Gasteiger partial charge in [-0.2, -0.15) is 0 Å². The highest BCUT2D eigenvalue weighted by molar-refractivity contribution is 8.45. The van der Waals surface area contributed by atoms with Gasteiger partial charge in [0.2, 0.25) is 5.12 Å². The lowest BCUT2D eigenvalue weighted by atomic mass is 10.1. The number of carbonyl (C=O) groups is 1. The zero-order valence-electron chi connectivity index (χ0n) is 13.5. The standard InChI is InChI=1S/C17H14N2O4S2/c1-3-24-17-18-14(16(20)25-17)9-12-5-7-15(23-12)13-6-4-11(19(21)22)8-10(13)2/h4-9H,3H2,1-2H3. The molecule has 1 aliphatic heterocycles. The summed E-state index contributed by atoms with van der Waals surface area (Å²) < 4.78 is 6.52. The predicted octanol–water partition coefficient (Wildman–Crippen LogP) is 4.89. The average Bonchev–Trinajstić information content (AvgIpc) is 3.15. The number of nitro benzene ring substituents is 1. The Morgan fingerprint density at radius 1 is 1.36 bits per heavy atom. The van der Waals surface area contributed by atoms with Crippen molar-refractivity contribution in [3.8, 4) is 11.3 Å². The second kappa shape index (κ2) is 7.28. The fourth-order valence-corrected chi connectivity index (χ4v) is 4.06. The van der Waals surface area contributed by atoms with E-state index in [0.29, 0.717) is 17.2 Å². The Bertz CT molecular complexity index is 915. The Hall–Kier alpha value is -2.32. The lowest BCUT2D eigenvalue weighted by Gasteiger charge is -2.02. The molecule has 25 heavy (non-hydrogen) atoms. The van der Waals surface area contributed by atoms with Crippen LogP contribution in [0.2, 0.25) is 0 Å². The molecule has 0 bridgehead atoms. The third-order valence-corrected chi connectivity index (χ3v) is 5.35. The van der Waals surface area contributed by atoms with E-state index in [-0.39, 0.29) is 10.8 Å². The maximum Gasteiger partial charge on any atom is 0.269 e. The molecule has 128 valence electrons. The fourth-order valence-electron chi connectivity index (χ4n) is 2.32. The smallest absolute Gasteiger partial charge is 0.269 e. The molecule has 0 spiro atoms. The highest BCUT2D eigenvalue weighted by Crippen LogP contribution is 2.33. The Morgan fingerprint density at radius 2 is 2.16 bits per heavy atom. The molecule has 0 N–H and O–H groups in total. The first-order valence-corrected chi connectivity index (χ1v) is 9.28. The highest BCUT2D eigenvalue weighted by atomic mass is 32.2. The van der Waals surface area contributed by atoms with Crippen LogP contribution in [0.5, 0.6) is 0 Å².